The lowest BCUT2D eigenvalue weighted by atomic mass is 10.1. The number of H-pyrrole nitrogens is 2. The molecule has 7 nitrogen and oxygen atoms in total. The summed E-state index contributed by atoms with van der Waals surface area (Å²) in [5, 5.41) is 13.1. The lowest BCUT2D eigenvalue weighted by molar-refractivity contribution is 0.578. The first-order chi connectivity index (χ1) is 9.00. The average Bonchev–Trinajstić information content (AvgIpc) is 2.94. The number of aromatic amines is 2. The van der Waals surface area contributed by atoms with Crippen molar-refractivity contribution in [2.75, 3.05) is 6.54 Å². The van der Waals surface area contributed by atoms with Crippen LogP contribution in [0.15, 0.2) is 17.3 Å². The third-order valence-corrected chi connectivity index (χ3v) is 4.50. The molecular weight excluding hydrogens is 266 g/mol. The smallest absolute Gasteiger partial charge is 0.243 e. The lowest BCUT2D eigenvalue weighted by Gasteiger charge is -2.05. The fraction of sp³-hybridized carbons (Fsp3) is 0.455. The summed E-state index contributed by atoms with van der Waals surface area (Å²) in [5.41, 5.74) is 2.67. The zero-order valence-electron chi connectivity index (χ0n) is 10.9. The van der Waals surface area contributed by atoms with Crippen molar-refractivity contribution in [3.05, 3.63) is 29.3 Å². The minimum atomic E-state index is -3.47. The van der Waals surface area contributed by atoms with Gasteiger partial charge in [0.2, 0.25) is 10.0 Å². The SMILES string of the molecule is Cc1[nH]ncc1CCCNS(=O)(=O)c1cn[nH]c1C. The number of nitrogens with zero attached hydrogens (tertiary/aromatic N) is 2. The minimum Gasteiger partial charge on any atom is -0.283 e. The summed E-state index contributed by atoms with van der Waals surface area (Å²) in [6, 6.07) is 0. The standard InChI is InChI=1S/C11H17N5O2S/c1-8-10(6-12-15-8)4-3-5-14-19(17,18)11-7-13-16-9(11)2/h6-7,14H,3-5H2,1-2H3,(H,12,15)(H,13,16). The van der Waals surface area contributed by atoms with Gasteiger partial charge in [-0.2, -0.15) is 10.2 Å². The summed E-state index contributed by atoms with van der Waals surface area (Å²) in [5.74, 6) is 0. The van der Waals surface area contributed by atoms with Crippen LogP contribution >= 0.6 is 0 Å². The zero-order chi connectivity index (χ0) is 13.9. The fourth-order valence-corrected chi connectivity index (χ4v) is 3.01. The maximum Gasteiger partial charge on any atom is 0.243 e. The Morgan fingerprint density at radius 2 is 1.84 bits per heavy atom. The van der Waals surface area contributed by atoms with E-state index in [4.69, 9.17) is 0 Å². The van der Waals surface area contributed by atoms with Crippen LogP contribution < -0.4 is 4.72 Å². The van der Waals surface area contributed by atoms with Gasteiger partial charge in [-0.15, -0.1) is 0 Å². The number of nitrogens with one attached hydrogen (secondary N) is 3. The molecular formula is C11H17N5O2S. The van der Waals surface area contributed by atoms with Gasteiger partial charge in [0, 0.05) is 12.2 Å². The summed E-state index contributed by atoms with van der Waals surface area (Å²) < 4.78 is 26.5. The quantitative estimate of drug-likeness (QED) is 0.677. The third-order valence-electron chi connectivity index (χ3n) is 2.92. The van der Waals surface area contributed by atoms with Crippen LogP contribution in [0.1, 0.15) is 23.4 Å². The van der Waals surface area contributed by atoms with Crippen molar-refractivity contribution in [3.63, 3.8) is 0 Å². The van der Waals surface area contributed by atoms with Crippen molar-refractivity contribution in [2.45, 2.75) is 31.6 Å². The zero-order valence-corrected chi connectivity index (χ0v) is 11.7. The van der Waals surface area contributed by atoms with Crippen molar-refractivity contribution in [2.24, 2.45) is 0 Å². The Balaban J connectivity index is 1.86. The number of aryl methyl sites for hydroxylation is 3. The highest BCUT2D eigenvalue weighted by Gasteiger charge is 2.17. The maximum atomic E-state index is 12.0. The second-order valence-corrected chi connectivity index (χ2v) is 6.12. The Labute approximate surface area is 111 Å². The molecule has 2 aromatic heterocycles. The largest absolute Gasteiger partial charge is 0.283 e. The highest BCUT2D eigenvalue weighted by atomic mass is 32.2. The van der Waals surface area contributed by atoms with Crippen LogP contribution in [0.5, 0.6) is 0 Å². The molecule has 0 aromatic carbocycles. The van der Waals surface area contributed by atoms with Crippen LogP contribution in [0, 0.1) is 13.8 Å². The molecule has 2 rings (SSSR count). The number of aromatic nitrogens is 4. The fourth-order valence-electron chi connectivity index (χ4n) is 1.80. The molecule has 0 saturated carbocycles. The molecule has 2 heterocycles. The van der Waals surface area contributed by atoms with Gasteiger partial charge in [0.05, 0.1) is 18.1 Å². The van der Waals surface area contributed by atoms with Crippen molar-refractivity contribution < 1.29 is 8.42 Å². The molecule has 0 bridgehead atoms. The molecule has 0 atom stereocenters. The number of sulfonamides is 1. The van der Waals surface area contributed by atoms with Crippen molar-refractivity contribution in [3.8, 4) is 0 Å². The van der Waals surface area contributed by atoms with E-state index in [-0.39, 0.29) is 4.90 Å². The first-order valence-corrected chi connectivity index (χ1v) is 7.47. The van der Waals surface area contributed by atoms with Crippen LogP contribution in [0.25, 0.3) is 0 Å². The van der Waals surface area contributed by atoms with E-state index >= 15 is 0 Å². The molecule has 0 spiro atoms. The van der Waals surface area contributed by atoms with Gasteiger partial charge in [-0.25, -0.2) is 13.1 Å². The second kappa shape index (κ2) is 5.54. The number of rotatable bonds is 6. The highest BCUT2D eigenvalue weighted by Crippen LogP contribution is 2.11. The Bertz CT molecular complexity index is 644. The Kier molecular flexibility index (Phi) is 4.01. The minimum absolute atomic E-state index is 0.201. The van der Waals surface area contributed by atoms with Gasteiger partial charge in [-0.1, -0.05) is 0 Å². The van der Waals surface area contributed by atoms with Gasteiger partial charge < -0.3 is 0 Å². The van der Waals surface area contributed by atoms with E-state index in [9.17, 15) is 8.42 Å². The summed E-state index contributed by atoms with van der Waals surface area (Å²) in [6.07, 6.45) is 4.59. The Morgan fingerprint density at radius 3 is 2.42 bits per heavy atom. The van der Waals surface area contributed by atoms with E-state index in [0.717, 1.165) is 24.1 Å². The first kappa shape index (κ1) is 13.8. The summed E-state index contributed by atoms with van der Waals surface area (Å²) >= 11 is 0. The normalized spacial score (nSPS) is 11.9. The van der Waals surface area contributed by atoms with E-state index in [0.29, 0.717) is 12.2 Å². The van der Waals surface area contributed by atoms with Crippen molar-refractivity contribution >= 4 is 10.0 Å². The molecule has 0 unspecified atom stereocenters. The molecule has 0 amide bonds. The average molecular weight is 283 g/mol. The Morgan fingerprint density at radius 1 is 1.16 bits per heavy atom. The van der Waals surface area contributed by atoms with Crippen LogP contribution in [0.2, 0.25) is 0 Å². The number of hydrogen-bond acceptors (Lipinski definition) is 4. The van der Waals surface area contributed by atoms with E-state index in [1.807, 2.05) is 6.92 Å². The van der Waals surface area contributed by atoms with Gasteiger partial charge in [-0.05, 0) is 32.3 Å². The molecule has 0 aliphatic carbocycles. The molecule has 8 heteroatoms. The van der Waals surface area contributed by atoms with Gasteiger partial charge in [0.25, 0.3) is 0 Å². The van der Waals surface area contributed by atoms with E-state index in [1.165, 1.54) is 6.20 Å². The van der Waals surface area contributed by atoms with Crippen molar-refractivity contribution in [1.82, 2.24) is 25.1 Å². The van der Waals surface area contributed by atoms with E-state index in [2.05, 4.69) is 25.1 Å². The summed E-state index contributed by atoms with van der Waals surface area (Å²) in [4.78, 5) is 0.201. The molecule has 3 N–H and O–H groups in total. The third kappa shape index (κ3) is 3.21. The van der Waals surface area contributed by atoms with Gasteiger partial charge in [0.1, 0.15) is 4.90 Å². The summed E-state index contributed by atoms with van der Waals surface area (Å²) in [7, 11) is -3.47. The predicted molar refractivity (Wildman–Crippen MR) is 70.2 cm³/mol. The monoisotopic (exact) mass is 283 g/mol. The first-order valence-electron chi connectivity index (χ1n) is 5.99. The second-order valence-electron chi connectivity index (χ2n) is 4.38. The van der Waals surface area contributed by atoms with E-state index in [1.54, 1.807) is 13.1 Å². The predicted octanol–water partition coefficient (Wildman–Crippen LogP) is 0.661. The van der Waals surface area contributed by atoms with Crippen molar-refractivity contribution in [1.29, 1.82) is 0 Å². The summed E-state index contributed by atoms with van der Waals surface area (Å²) in [6.45, 7) is 4.01. The molecule has 104 valence electrons. The maximum absolute atomic E-state index is 12.0. The molecule has 0 aliphatic heterocycles. The molecule has 0 aliphatic rings. The molecule has 0 radical (unpaired) electrons. The van der Waals surface area contributed by atoms with Crippen LogP contribution in [0.3, 0.4) is 0 Å². The van der Waals surface area contributed by atoms with Crippen LogP contribution in [-0.2, 0) is 16.4 Å². The highest BCUT2D eigenvalue weighted by molar-refractivity contribution is 7.89. The van der Waals surface area contributed by atoms with Crippen LogP contribution in [-0.4, -0.2) is 35.4 Å². The topological polar surface area (TPSA) is 104 Å². The lowest BCUT2D eigenvalue weighted by Crippen LogP contribution is -2.25. The van der Waals surface area contributed by atoms with E-state index < -0.39 is 10.0 Å². The molecule has 0 saturated heterocycles. The van der Waals surface area contributed by atoms with Gasteiger partial charge >= 0.3 is 0 Å². The van der Waals surface area contributed by atoms with Gasteiger partial charge in [0.15, 0.2) is 0 Å². The molecule has 19 heavy (non-hydrogen) atoms. The number of hydrogen-bond donors (Lipinski definition) is 3. The van der Waals surface area contributed by atoms with Gasteiger partial charge in [-0.3, -0.25) is 10.2 Å². The molecule has 0 fully saturated rings. The molecule has 2 aromatic rings. The van der Waals surface area contributed by atoms with Crippen LogP contribution in [0.4, 0.5) is 0 Å². The Hall–Kier alpha value is -1.67.